The lowest BCUT2D eigenvalue weighted by Crippen LogP contribution is -2.48. The normalized spacial score (nSPS) is 19.5. The van der Waals surface area contributed by atoms with Crippen molar-refractivity contribution in [1.82, 2.24) is 10.2 Å². The second-order valence-electron chi connectivity index (χ2n) is 6.64. The monoisotopic (exact) mass is 372 g/mol. The molecule has 1 saturated carbocycles. The molecule has 1 heterocycles. The van der Waals surface area contributed by atoms with E-state index >= 15 is 0 Å². The average molecular weight is 373 g/mol. The van der Waals surface area contributed by atoms with Gasteiger partial charge in [-0.1, -0.05) is 23.7 Å². The van der Waals surface area contributed by atoms with E-state index < -0.39 is 6.10 Å². The van der Waals surface area contributed by atoms with Crippen molar-refractivity contribution in [3.8, 4) is 5.75 Å². The second-order valence-corrected chi connectivity index (χ2v) is 7.05. The first-order chi connectivity index (χ1) is 11.1. The number of piperidine rings is 1. The molecule has 1 aromatic rings. The van der Waals surface area contributed by atoms with Crippen LogP contribution in [-0.4, -0.2) is 42.6 Å². The van der Waals surface area contributed by atoms with E-state index in [0.717, 1.165) is 38.4 Å². The van der Waals surface area contributed by atoms with Crippen molar-refractivity contribution in [2.75, 3.05) is 19.6 Å². The fourth-order valence-electron chi connectivity index (χ4n) is 3.00. The summed E-state index contributed by atoms with van der Waals surface area (Å²) in [7, 11) is 0. The summed E-state index contributed by atoms with van der Waals surface area (Å²) in [6.07, 6.45) is 4.29. The van der Waals surface area contributed by atoms with Gasteiger partial charge in [0.2, 0.25) is 0 Å². The molecule has 1 aromatic carbocycles. The molecule has 1 atom stereocenters. The molecule has 1 N–H and O–H groups in total. The molecular formula is C18H26Cl2N2O2. The van der Waals surface area contributed by atoms with Crippen LogP contribution < -0.4 is 10.1 Å². The molecule has 1 aliphatic carbocycles. The minimum Gasteiger partial charge on any atom is -0.479 e. The number of likely N-dealkylation sites (tertiary alicyclic amines) is 1. The van der Waals surface area contributed by atoms with Gasteiger partial charge >= 0.3 is 0 Å². The van der Waals surface area contributed by atoms with E-state index in [1.165, 1.54) is 12.8 Å². The first-order valence-corrected chi connectivity index (χ1v) is 8.94. The molecule has 24 heavy (non-hydrogen) atoms. The zero-order valence-corrected chi connectivity index (χ0v) is 15.6. The number of ether oxygens (including phenoxy) is 1. The highest BCUT2D eigenvalue weighted by molar-refractivity contribution is 6.32. The lowest BCUT2D eigenvalue weighted by Gasteiger charge is -2.34. The summed E-state index contributed by atoms with van der Waals surface area (Å²) >= 11 is 6.09. The molecule has 2 aliphatic rings. The highest BCUT2D eigenvalue weighted by atomic mass is 35.5. The Bertz CT molecular complexity index is 544. The van der Waals surface area contributed by atoms with E-state index in [4.69, 9.17) is 16.3 Å². The van der Waals surface area contributed by atoms with E-state index in [2.05, 4.69) is 5.32 Å². The summed E-state index contributed by atoms with van der Waals surface area (Å²) in [5.41, 5.74) is 0. The van der Waals surface area contributed by atoms with Crippen molar-refractivity contribution < 1.29 is 9.53 Å². The summed E-state index contributed by atoms with van der Waals surface area (Å²) in [6.45, 7) is 4.54. The van der Waals surface area contributed by atoms with Crippen molar-refractivity contribution in [1.29, 1.82) is 0 Å². The van der Waals surface area contributed by atoms with E-state index in [9.17, 15) is 4.79 Å². The first-order valence-electron chi connectivity index (χ1n) is 8.57. The van der Waals surface area contributed by atoms with Crippen LogP contribution in [0.2, 0.25) is 5.02 Å². The van der Waals surface area contributed by atoms with Crippen LogP contribution in [0, 0.1) is 5.92 Å². The molecule has 0 radical (unpaired) electrons. The minimum absolute atomic E-state index is 0. The maximum atomic E-state index is 12.5. The number of carbonyl (C=O) groups excluding carboxylic acids is 1. The molecule has 2 fully saturated rings. The maximum absolute atomic E-state index is 12.5. The van der Waals surface area contributed by atoms with Crippen molar-refractivity contribution in [2.45, 2.75) is 44.8 Å². The molecule has 1 amide bonds. The van der Waals surface area contributed by atoms with Crippen LogP contribution in [-0.2, 0) is 4.79 Å². The van der Waals surface area contributed by atoms with Crippen molar-refractivity contribution in [3.05, 3.63) is 29.3 Å². The third-order valence-corrected chi connectivity index (χ3v) is 5.00. The van der Waals surface area contributed by atoms with Gasteiger partial charge in [-0.2, -0.15) is 0 Å². The van der Waals surface area contributed by atoms with Gasteiger partial charge in [0, 0.05) is 19.1 Å². The molecular weight excluding hydrogens is 347 g/mol. The Morgan fingerprint density at radius 3 is 2.58 bits per heavy atom. The number of para-hydroxylation sites is 1. The zero-order chi connectivity index (χ0) is 16.2. The number of nitrogens with zero attached hydrogens (tertiary/aromatic N) is 1. The Balaban J connectivity index is 0.00000208. The van der Waals surface area contributed by atoms with Crippen LogP contribution in [0.25, 0.3) is 0 Å². The summed E-state index contributed by atoms with van der Waals surface area (Å²) in [6, 6.07) is 7.82. The quantitative estimate of drug-likeness (QED) is 0.830. The smallest absolute Gasteiger partial charge is 0.263 e. The third kappa shape index (κ3) is 5.27. The van der Waals surface area contributed by atoms with Crippen LogP contribution in [0.4, 0.5) is 0 Å². The molecule has 1 aliphatic heterocycles. The number of nitrogens with one attached hydrogen (secondary N) is 1. The Morgan fingerprint density at radius 2 is 1.96 bits per heavy atom. The molecule has 0 aromatic heterocycles. The maximum Gasteiger partial charge on any atom is 0.263 e. The number of benzene rings is 1. The molecule has 0 spiro atoms. The Hall–Kier alpha value is -0.970. The number of halogens is 2. The summed E-state index contributed by atoms with van der Waals surface area (Å²) in [5, 5.41) is 4.17. The highest BCUT2D eigenvalue weighted by Crippen LogP contribution is 2.28. The number of rotatable bonds is 6. The van der Waals surface area contributed by atoms with Gasteiger partial charge in [0.15, 0.2) is 6.10 Å². The molecule has 134 valence electrons. The van der Waals surface area contributed by atoms with E-state index in [0.29, 0.717) is 16.8 Å². The lowest BCUT2D eigenvalue weighted by atomic mass is 10.0. The second kappa shape index (κ2) is 8.93. The summed E-state index contributed by atoms with van der Waals surface area (Å²) in [4.78, 5) is 14.4. The topological polar surface area (TPSA) is 41.6 Å². The van der Waals surface area contributed by atoms with Crippen molar-refractivity contribution in [2.24, 2.45) is 5.92 Å². The average Bonchev–Trinajstić information content (AvgIpc) is 3.39. The van der Waals surface area contributed by atoms with Crippen molar-refractivity contribution >= 4 is 29.9 Å². The van der Waals surface area contributed by atoms with Gasteiger partial charge in [-0.15, -0.1) is 12.4 Å². The van der Waals surface area contributed by atoms with Gasteiger partial charge in [0.25, 0.3) is 5.91 Å². The molecule has 3 rings (SSSR count). The predicted octanol–water partition coefficient (Wildman–Crippen LogP) is 3.52. The zero-order valence-electron chi connectivity index (χ0n) is 14.0. The van der Waals surface area contributed by atoms with Gasteiger partial charge in [0.1, 0.15) is 5.75 Å². The minimum atomic E-state index is -0.508. The summed E-state index contributed by atoms with van der Waals surface area (Å²) in [5.74, 6) is 1.51. The Morgan fingerprint density at radius 1 is 1.29 bits per heavy atom. The summed E-state index contributed by atoms with van der Waals surface area (Å²) < 4.78 is 5.74. The SMILES string of the molecule is CC(Oc1ccccc1Cl)C(=O)N1CCC(NCC2CC2)CC1.Cl. The standard InChI is InChI=1S/C18H25ClN2O2.ClH/c1-13(23-17-5-3-2-4-16(17)19)18(22)21-10-8-15(9-11-21)20-12-14-6-7-14;/h2-5,13-15,20H,6-12H2,1H3;1H. The van der Waals surface area contributed by atoms with E-state index in [1.807, 2.05) is 17.0 Å². The Labute approximate surface area is 155 Å². The van der Waals surface area contributed by atoms with E-state index in [1.54, 1.807) is 19.1 Å². The fraction of sp³-hybridized carbons (Fsp3) is 0.611. The fourth-order valence-corrected chi connectivity index (χ4v) is 3.18. The van der Waals surface area contributed by atoms with Crippen LogP contribution in [0.1, 0.15) is 32.6 Å². The number of carbonyl (C=O) groups is 1. The van der Waals surface area contributed by atoms with Crippen LogP contribution in [0.15, 0.2) is 24.3 Å². The molecule has 0 bridgehead atoms. The van der Waals surface area contributed by atoms with Gasteiger partial charge in [0.05, 0.1) is 5.02 Å². The molecule has 1 saturated heterocycles. The highest BCUT2D eigenvalue weighted by Gasteiger charge is 2.28. The lowest BCUT2D eigenvalue weighted by molar-refractivity contribution is -0.139. The van der Waals surface area contributed by atoms with Gasteiger partial charge in [-0.05, 0) is 57.2 Å². The number of amides is 1. The van der Waals surface area contributed by atoms with Crippen LogP contribution >= 0.6 is 24.0 Å². The van der Waals surface area contributed by atoms with Gasteiger partial charge in [-0.3, -0.25) is 4.79 Å². The third-order valence-electron chi connectivity index (χ3n) is 4.69. The number of hydrogen-bond acceptors (Lipinski definition) is 3. The van der Waals surface area contributed by atoms with Gasteiger partial charge < -0.3 is 15.0 Å². The van der Waals surface area contributed by atoms with Crippen LogP contribution in [0.3, 0.4) is 0 Å². The van der Waals surface area contributed by atoms with Gasteiger partial charge in [-0.25, -0.2) is 0 Å². The molecule has 1 unspecified atom stereocenters. The largest absolute Gasteiger partial charge is 0.479 e. The Kier molecular flexibility index (Phi) is 7.20. The molecule has 4 nitrogen and oxygen atoms in total. The number of hydrogen-bond donors (Lipinski definition) is 1. The predicted molar refractivity (Wildman–Crippen MR) is 99.1 cm³/mol. The van der Waals surface area contributed by atoms with E-state index in [-0.39, 0.29) is 18.3 Å². The molecule has 6 heteroatoms. The van der Waals surface area contributed by atoms with Crippen molar-refractivity contribution in [3.63, 3.8) is 0 Å². The van der Waals surface area contributed by atoms with Crippen LogP contribution in [0.5, 0.6) is 5.75 Å². The first kappa shape index (κ1) is 19.4.